The van der Waals surface area contributed by atoms with Crippen LogP contribution in [0.4, 0.5) is 0 Å². The summed E-state index contributed by atoms with van der Waals surface area (Å²) in [5, 5.41) is 9.27. The van der Waals surface area contributed by atoms with Crippen molar-refractivity contribution in [3.8, 4) is 0 Å². The lowest BCUT2D eigenvalue weighted by atomic mass is 9.68. The summed E-state index contributed by atoms with van der Waals surface area (Å²) >= 11 is 5.14. The molecule has 1 aromatic heterocycles. The highest BCUT2D eigenvalue weighted by molar-refractivity contribution is 9.11. The molecular formula is C12H16BrNO2S. The molecule has 0 aliphatic heterocycles. The fourth-order valence-electron chi connectivity index (χ4n) is 2.32. The first kappa shape index (κ1) is 13.1. The number of thiophene rings is 1. The van der Waals surface area contributed by atoms with E-state index in [-0.39, 0.29) is 0 Å². The average molecular weight is 318 g/mol. The summed E-state index contributed by atoms with van der Waals surface area (Å²) in [5.74, 6) is -0.636. The van der Waals surface area contributed by atoms with E-state index in [1.165, 1.54) is 4.88 Å². The van der Waals surface area contributed by atoms with Gasteiger partial charge in [-0.15, -0.1) is 11.3 Å². The zero-order chi connectivity index (χ0) is 12.5. The molecule has 1 fully saturated rings. The van der Waals surface area contributed by atoms with E-state index >= 15 is 0 Å². The summed E-state index contributed by atoms with van der Waals surface area (Å²) < 4.78 is 1.12. The summed E-state index contributed by atoms with van der Waals surface area (Å²) in [7, 11) is 2.00. The van der Waals surface area contributed by atoms with Crippen LogP contribution in [-0.2, 0) is 11.3 Å². The van der Waals surface area contributed by atoms with Crippen molar-refractivity contribution in [1.29, 1.82) is 0 Å². The standard InChI is InChI=1S/C12H16BrNO2S/c1-14(7-9-3-4-10(13)17-9)8-12(11(15)16)5-2-6-12/h3-4H,2,5-8H2,1H3,(H,15,16). The quantitative estimate of drug-likeness (QED) is 0.906. The molecule has 3 nitrogen and oxygen atoms in total. The third kappa shape index (κ3) is 2.89. The maximum Gasteiger partial charge on any atom is 0.310 e. The Morgan fingerprint density at radius 1 is 1.59 bits per heavy atom. The van der Waals surface area contributed by atoms with Crippen molar-refractivity contribution >= 4 is 33.2 Å². The first-order chi connectivity index (χ1) is 8.02. The maximum atomic E-state index is 11.3. The Morgan fingerprint density at radius 3 is 2.71 bits per heavy atom. The first-order valence-corrected chi connectivity index (χ1v) is 7.29. The Hall–Kier alpha value is -0.390. The smallest absolute Gasteiger partial charge is 0.310 e. The molecule has 17 heavy (non-hydrogen) atoms. The lowest BCUT2D eigenvalue weighted by Crippen LogP contribution is -2.46. The summed E-state index contributed by atoms with van der Waals surface area (Å²) in [6.45, 7) is 1.48. The van der Waals surface area contributed by atoms with E-state index in [4.69, 9.17) is 0 Å². The normalized spacial score (nSPS) is 18.1. The van der Waals surface area contributed by atoms with Gasteiger partial charge < -0.3 is 10.0 Å². The number of aliphatic carboxylic acids is 1. The SMILES string of the molecule is CN(Cc1ccc(Br)s1)CC1(C(=O)O)CCC1. The van der Waals surface area contributed by atoms with Crippen molar-refractivity contribution in [2.24, 2.45) is 5.41 Å². The molecule has 1 aliphatic carbocycles. The van der Waals surface area contributed by atoms with Gasteiger partial charge in [-0.05, 0) is 48.0 Å². The Labute approximate surface area is 114 Å². The van der Waals surface area contributed by atoms with Crippen molar-refractivity contribution in [3.05, 3.63) is 20.8 Å². The number of hydrogen-bond donors (Lipinski definition) is 1. The highest BCUT2D eigenvalue weighted by Crippen LogP contribution is 2.42. The lowest BCUT2D eigenvalue weighted by molar-refractivity contribution is -0.156. The van der Waals surface area contributed by atoms with Crippen LogP contribution in [-0.4, -0.2) is 29.6 Å². The van der Waals surface area contributed by atoms with Crippen LogP contribution in [0, 0.1) is 5.41 Å². The van der Waals surface area contributed by atoms with Gasteiger partial charge >= 0.3 is 5.97 Å². The molecule has 0 spiro atoms. The topological polar surface area (TPSA) is 40.5 Å². The summed E-state index contributed by atoms with van der Waals surface area (Å²) in [6, 6.07) is 4.11. The number of rotatable bonds is 5. The first-order valence-electron chi connectivity index (χ1n) is 5.68. The van der Waals surface area contributed by atoms with Gasteiger partial charge in [0.2, 0.25) is 0 Å². The van der Waals surface area contributed by atoms with Gasteiger partial charge in [0.15, 0.2) is 0 Å². The number of carboxylic acids is 1. The predicted octanol–water partition coefficient (Wildman–Crippen LogP) is 3.20. The second kappa shape index (κ2) is 5.08. The highest BCUT2D eigenvalue weighted by Gasteiger charge is 2.44. The van der Waals surface area contributed by atoms with Crippen molar-refractivity contribution < 1.29 is 9.90 Å². The largest absolute Gasteiger partial charge is 0.481 e. The summed E-state index contributed by atoms with van der Waals surface area (Å²) in [4.78, 5) is 14.6. The van der Waals surface area contributed by atoms with Crippen molar-refractivity contribution in [1.82, 2.24) is 4.90 Å². The predicted molar refractivity (Wildman–Crippen MR) is 72.3 cm³/mol. The van der Waals surface area contributed by atoms with Gasteiger partial charge in [0.05, 0.1) is 9.20 Å². The Morgan fingerprint density at radius 2 is 2.29 bits per heavy atom. The van der Waals surface area contributed by atoms with Gasteiger partial charge in [0, 0.05) is 18.0 Å². The van der Waals surface area contributed by atoms with Crippen molar-refractivity contribution in [2.45, 2.75) is 25.8 Å². The van der Waals surface area contributed by atoms with Gasteiger partial charge in [-0.1, -0.05) is 6.42 Å². The van der Waals surface area contributed by atoms with Gasteiger partial charge in [-0.3, -0.25) is 4.79 Å². The third-order valence-corrected chi connectivity index (χ3v) is 5.00. The van der Waals surface area contributed by atoms with Crippen LogP contribution >= 0.6 is 27.3 Å². The second-order valence-corrected chi connectivity index (χ2v) is 7.36. The number of carboxylic acid groups (broad SMARTS) is 1. The average Bonchev–Trinajstić information content (AvgIpc) is 2.57. The van der Waals surface area contributed by atoms with Crippen LogP contribution < -0.4 is 0 Å². The summed E-state index contributed by atoms with van der Waals surface area (Å²) in [5.41, 5.74) is -0.483. The van der Waals surface area contributed by atoms with E-state index in [0.717, 1.165) is 29.6 Å². The molecule has 0 atom stereocenters. The van der Waals surface area contributed by atoms with E-state index in [9.17, 15) is 9.90 Å². The van der Waals surface area contributed by atoms with Crippen molar-refractivity contribution in [2.75, 3.05) is 13.6 Å². The van der Waals surface area contributed by atoms with Crippen LogP contribution in [0.3, 0.4) is 0 Å². The lowest BCUT2D eigenvalue weighted by Gasteiger charge is -2.40. The fourth-order valence-corrected chi connectivity index (χ4v) is 3.88. The molecule has 94 valence electrons. The van der Waals surface area contributed by atoms with E-state index < -0.39 is 11.4 Å². The molecule has 5 heteroatoms. The molecule has 1 aliphatic rings. The molecule has 1 aromatic rings. The third-order valence-electron chi connectivity index (χ3n) is 3.39. The zero-order valence-corrected chi connectivity index (χ0v) is 12.2. The van der Waals surface area contributed by atoms with Gasteiger partial charge in [0.25, 0.3) is 0 Å². The van der Waals surface area contributed by atoms with Gasteiger partial charge in [-0.2, -0.15) is 0 Å². The monoisotopic (exact) mass is 317 g/mol. The molecule has 2 rings (SSSR count). The molecular weight excluding hydrogens is 302 g/mol. The van der Waals surface area contributed by atoms with Crippen LogP contribution in [0.25, 0.3) is 0 Å². The number of nitrogens with zero attached hydrogens (tertiary/aromatic N) is 1. The maximum absolute atomic E-state index is 11.3. The van der Waals surface area contributed by atoms with Gasteiger partial charge in [-0.25, -0.2) is 0 Å². The Balaban J connectivity index is 1.92. The minimum absolute atomic E-state index is 0.483. The molecule has 1 heterocycles. The van der Waals surface area contributed by atoms with Crippen LogP contribution in [0.1, 0.15) is 24.1 Å². The minimum Gasteiger partial charge on any atom is -0.481 e. The molecule has 0 saturated heterocycles. The minimum atomic E-state index is -0.636. The molecule has 0 aromatic carbocycles. The highest BCUT2D eigenvalue weighted by atomic mass is 79.9. The molecule has 0 radical (unpaired) electrons. The molecule has 0 amide bonds. The molecule has 1 saturated carbocycles. The second-order valence-electron chi connectivity index (χ2n) is 4.82. The number of carbonyl (C=O) groups is 1. The van der Waals surface area contributed by atoms with E-state index in [2.05, 4.69) is 26.9 Å². The van der Waals surface area contributed by atoms with Crippen LogP contribution in [0.15, 0.2) is 15.9 Å². The van der Waals surface area contributed by atoms with E-state index in [0.29, 0.717) is 6.54 Å². The van der Waals surface area contributed by atoms with Crippen molar-refractivity contribution in [3.63, 3.8) is 0 Å². The van der Waals surface area contributed by atoms with Gasteiger partial charge in [0.1, 0.15) is 0 Å². The van der Waals surface area contributed by atoms with Crippen LogP contribution in [0.2, 0.25) is 0 Å². The molecule has 0 unspecified atom stereocenters. The summed E-state index contributed by atoms with van der Waals surface area (Å²) in [6.07, 6.45) is 2.69. The Kier molecular flexibility index (Phi) is 3.90. The molecule has 0 bridgehead atoms. The van der Waals surface area contributed by atoms with E-state index in [1.54, 1.807) is 11.3 Å². The zero-order valence-electron chi connectivity index (χ0n) is 9.78. The van der Waals surface area contributed by atoms with E-state index in [1.807, 2.05) is 13.1 Å². The fraction of sp³-hybridized carbons (Fsp3) is 0.583. The molecule has 1 N–H and O–H groups in total. The number of halogens is 1. The van der Waals surface area contributed by atoms with Crippen LogP contribution in [0.5, 0.6) is 0 Å². The number of hydrogen-bond acceptors (Lipinski definition) is 3. The Bertz CT molecular complexity index is 414.